The lowest BCUT2D eigenvalue weighted by Crippen LogP contribution is -2.46. The molecule has 0 saturated heterocycles. The highest BCUT2D eigenvalue weighted by Crippen LogP contribution is 2.21. The summed E-state index contributed by atoms with van der Waals surface area (Å²) < 4.78 is 11.4. The first-order chi connectivity index (χ1) is 6.23. The predicted octanol–water partition coefficient (Wildman–Crippen LogP) is 1.75. The van der Waals surface area contributed by atoms with E-state index in [9.17, 15) is 0 Å². The van der Waals surface area contributed by atoms with E-state index in [2.05, 4.69) is 30.5 Å². The molecular weight excluding hydrogens is 180 g/mol. The van der Waals surface area contributed by atoms with Crippen LogP contribution in [-0.4, -0.2) is 27.4 Å². The minimum atomic E-state index is -1.15. The van der Waals surface area contributed by atoms with E-state index < -0.39 is 8.80 Å². The lowest BCUT2D eigenvalue weighted by atomic mass is 10.6. The van der Waals surface area contributed by atoms with Crippen LogP contribution in [0.3, 0.4) is 0 Å². The summed E-state index contributed by atoms with van der Waals surface area (Å²) in [6, 6.07) is 0. The van der Waals surface area contributed by atoms with Crippen LogP contribution in [-0.2, 0) is 9.47 Å². The van der Waals surface area contributed by atoms with Crippen molar-refractivity contribution in [3.05, 3.63) is 23.6 Å². The molecule has 1 rings (SSSR count). The normalized spacial score (nSPS) is 17.2. The van der Waals surface area contributed by atoms with E-state index in [1.54, 1.807) is 0 Å². The SMILES string of the molecule is CCOC(C)(OCC)[SiH]1C=CC=C1. The van der Waals surface area contributed by atoms with Crippen molar-refractivity contribution >= 4 is 8.80 Å². The zero-order chi connectivity index (χ0) is 9.73. The van der Waals surface area contributed by atoms with Crippen LogP contribution >= 0.6 is 0 Å². The average molecular weight is 198 g/mol. The highest BCUT2D eigenvalue weighted by atomic mass is 28.3. The van der Waals surface area contributed by atoms with Crippen molar-refractivity contribution in [3.8, 4) is 0 Å². The topological polar surface area (TPSA) is 18.5 Å². The summed E-state index contributed by atoms with van der Waals surface area (Å²) in [6.45, 7) is 7.49. The Morgan fingerprint density at radius 1 is 1.08 bits per heavy atom. The van der Waals surface area contributed by atoms with Crippen molar-refractivity contribution in [2.75, 3.05) is 13.2 Å². The molecule has 0 atom stereocenters. The molecule has 1 aliphatic heterocycles. The Morgan fingerprint density at radius 3 is 1.92 bits per heavy atom. The van der Waals surface area contributed by atoms with Gasteiger partial charge >= 0.3 is 0 Å². The van der Waals surface area contributed by atoms with Gasteiger partial charge in [0, 0.05) is 13.2 Å². The third-order valence-electron chi connectivity index (χ3n) is 2.22. The zero-order valence-electron chi connectivity index (χ0n) is 8.62. The van der Waals surface area contributed by atoms with Gasteiger partial charge < -0.3 is 9.47 Å². The van der Waals surface area contributed by atoms with Gasteiger partial charge in [0.2, 0.25) is 0 Å². The van der Waals surface area contributed by atoms with Crippen molar-refractivity contribution in [1.29, 1.82) is 0 Å². The van der Waals surface area contributed by atoms with Gasteiger partial charge in [-0.3, -0.25) is 0 Å². The van der Waals surface area contributed by atoms with Crippen molar-refractivity contribution < 1.29 is 9.47 Å². The largest absolute Gasteiger partial charge is 0.354 e. The molecule has 13 heavy (non-hydrogen) atoms. The molecule has 74 valence electrons. The van der Waals surface area contributed by atoms with Crippen molar-refractivity contribution in [1.82, 2.24) is 0 Å². The molecule has 0 unspecified atom stereocenters. The second-order valence-corrected chi connectivity index (χ2v) is 6.05. The van der Waals surface area contributed by atoms with Crippen LogP contribution in [0.2, 0.25) is 0 Å². The van der Waals surface area contributed by atoms with E-state index >= 15 is 0 Å². The van der Waals surface area contributed by atoms with Crippen LogP contribution < -0.4 is 0 Å². The zero-order valence-corrected chi connectivity index (χ0v) is 9.77. The summed E-state index contributed by atoms with van der Waals surface area (Å²) in [5.74, 6) is 0. The van der Waals surface area contributed by atoms with Crippen molar-refractivity contribution in [3.63, 3.8) is 0 Å². The van der Waals surface area contributed by atoms with Crippen LogP contribution in [0.5, 0.6) is 0 Å². The Bertz CT molecular complexity index is 193. The number of rotatable bonds is 5. The predicted molar refractivity (Wildman–Crippen MR) is 57.1 cm³/mol. The lowest BCUT2D eigenvalue weighted by Gasteiger charge is -2.32. The van der Waals surface area contributed by atoms with E-state index in [1.807, 2.05) is 13.8 Å². The Kier molecular flexibility index (Phi) is 3.90. The third kappa shape index (κ3) is 2.53. The second kappa shape index (κ2) is 4.74. The van der Waals surface area contributed by atoms with Gasteiger partial charge in [-0.05, 0) is 20.8 Å². The van der Waals surface area contributed by atoms with Crippen molar-refractivity contribution in [2.24, 2.45) is 0 Å². The smallest absolute Gasteiger partial charge is 0.156 e. The first-order valence-corrected chi connectivity index (χ1v) is 6.77. The Hall–Kier alpha value is -0.383. The quantitative estimate of drug-likeness (QED) is 0.495. The summed E-state index contributed by atoms with van der Waals surface area (Å²) in [5.41, 5.74) is 4.13. The van der Waals surface area contributed by atoms with Crippen LogP contribution in [0.1, 0.15) is 20.8 Å². The molecule has 2 nitrogen and oxygen atoms in total. The van der Waals surface area contributed by atoms with Gasteiger partial charge in [-0.1, -0.05) is 23.6 Å². The number of allylic oxidation sites excluding steroid dienone is 2. The Balaban J connectivity index is 2.64. The van der Waals surface area contributed by atoms with Gasteiger partial charge in [0.15, 0.2) is 14.2 Å². The minimum Gasteiger partial charge on any atom is -0.354 e. The fourth-order valence-corrected chi connectivity index (χ4v) is 3.87. The summed E-state index contributed by atoms with van der Waals surface area (Å²) in [7, 11) is -1.15. The molecule has 0 amide bonds. The van der Waals surface area contributed by atoms with Crippen LogP contribution in [0.15, 0.2) is 23.6 Å². The number of hydrogen-bond acceptors (Lipinski definition) is 2. The monoisotopic (exact) mass is 198 g/mol. The van der Waals surface area contributed by atoms with Gasteiger partial charge in [-0.15, -0.1) is 0 Å². The third-order valence-corrected chi connectivity index (χ3v) is 5.03. The van der Waals surface area contributed by atoms with Crippen LogP contribution in [0.4, 0.5) is 0 Å². The molecule has 0 spiro atoms. The van der Waals surface area contributed by atoms with Crippen LogP contribution in [0.25, 0.3) is 0 Å². The molecule has 0 fully saturated rings. The maximum absolute atomic E-state index is 5.69. The molecule has 0 aromatic carbocycles. The molecule has 0 aromatic rings. The summed E-state index contributed by atoms with van der Waals surface area (Å²) in [5, 5.41) is 0. The fourth-order valence-electron chi connectivity index (χ4n) is 1.59. The van der Waals surface area contributed by atoms with Crippen molar-refractivity contribution in [2.45, 2.75) is 26.2 Å². The molecule has 0 saturated carbocycles. The number of ether oxygens (including phenoxy) is 2. The van der Waals surface area contributed by atoms with Gasteiger partial charge in [-0.2, -0.15) is 0 Å². The first-order valence-electron chi connectivity index (χ1n) is 4.86. The van der Waals surface area contributed by atoms with Gasteiger partial charge in [0.05, 0.1) is 0 Å². The number of hydrogen-bond donors (Lipinski definition) is 0. The van der Waals surface area contributed by atoms with E-state index in [0.29, 0.717) is 13.2 Å². The highest BCUT2D eigenvalue weighted by Gasteiger charge is 2.34. The van der Waals surface area contributed by atoms with E-state index in [0.717, 1.165) is 0 Å². The van der Waals surface area contributed by atoms with E-state index in [-0.39, 0.29) is 5.41 Å². The summed E-state index contributed by atoms with van der Waals surface area (Å²) >= 11 is 0. The maximum Gasteiger partial charge on any atom is 0.156 e. The second-order valence-electron chi connectivity index (χ2n) is 3.18. The van der Waals surface area contributed by atoms with Gasteiger partial charge in [0.1, 0.15) is 0 Å². The van der Waals surface area contributed by atoms with Crippen LogP contribution in [0, 0.1) is 0 Å². The molecule has 0 aliphatic carbocycles. The summed E-state index contributed by atoms with van der Waals surface area (Å²) in [4.78, 5) is 0. The van der Waals surface area contributed by atoms with E-state index in [4.69, 9.17) is 9.47 Å². The average Bonchev–Trinajstić information content (AvgIpc) is 2.57. The molecule has 0 bridgehead atoms. The molecule has 0 aromatic heterocycles. The molecular formula is C10H18O2Si. The standard InChI is InChI=1S/C10H18O2Si/c1-4-11-10(3,12-5-2)13-8-6-7-9-13/h6-9,13H,4-5H2,1-3H3. The molecule has 1 aliphatic rings. The Labute approximate surface area is 81.8 Å². The first kappa shape index (κ1) is 10.7. The molecule has 0 radical (unpaired) electrons. The lowest BCUT2D eigenvalue weighted by molar-refractivity contribution is -0.164. The molecule has 3 heteroatoms. The minimum absolute atomic E-state index is 0.354. The molecule has 0 N–H and O–H groups in total. The summed E-state index contributed by atoms with van der Waals surface area (Å²) in [6.07, 6.45) is 4.18. The van der Waals surface area contributed by atoms with Gasteiger partial charge in [-0.25, -0.2) is 0 Å². The fraction of sp³-hybridized carbons (Fsp3) is 0.600. The maximum atomic E-state index is 5.69. The Morgan fingerprint density at radius 2 is 1.54 bits per heavy atom. The molecule has 1 heterocycles. The van der Waals surface area contributed by atoms with Gasteiger partial charge in [0.25, 0.3) is 0 Å². The highest BCUT2D eigenvalue weighted by molar-refractivity contribution is 6.72. The van der Waals surface area contributed by atoms with E-state index in [1.165, 1.54) is 0 Å².